The molecule has 3 aromatic heterocycles. The van der Waals surface area contributed by atoms with Gasteiger partial charge in [-0.3, -0.25) is 14.5 Å². The number of benzene rings is 1. The number of carbonyl (C=O) groups excluding carboxylic acids is 2. The maximum Gasteiger partial charge on any atom is 0.320 e. The number of methoxy groups -OCH3 is 1. The average Bonchev–Trinajstić information content (AvgIpc) is 3.56. The van der Waals surface area contributed by atoms with Crippen LogP contribution in [0, 0.1) is 0 Å². The van der Waals surface area contributed by atoms with Crippen LogP contribution in [0.5, 0.6) is 5.75 Å². The summed E-state index contributed by atoms with van der Waals surface area (Å²) >= 11 is 0. The third-order valence-electron chi connectivity index (χ3n) is 10.7. The number of hydrogen-bond donors (Lipinski definition) is 2. The van der Waals surface area contributed by atoms with Gasteiger partial charge in [-0.05, 0) is 69.5 Å². The number of anilines is 1. The molecule has 1 aromatic carbocycles. The Morgan fingerprint density at radius 3 is 2.43 bits per heavy atom. The Hall–Kier alpha value is -4.46. The van der Waals surface area contributed by atoms with Crippen molar-refractivity contribution in [3.8, 4) is 5.75 Å². The van der Waals surface area contributed by atoms with Crippen LogP contribution < -0.4 is 15.4 Å². The van der Waals surface area contributed by atoms with E-state index in [0.717, 1.165) is 35.4 Å². The normalized spacial score (nSPS) is 18.8. The molecule has 1 fully saturated rings. The van der Waals surface area contributed by atoms with Gasteiger partial charge in [0.2, 0.25) is 0 Å². The Kier molecular flexibility index (Phi) is 11.2. The maximum absolute atomic E-state index is 13.6. The summed E-state index contributed by atoms with van der Waals surface area (Å²) in [4.78, 5) is 38.6. The van der Waals surface area contributed by atoms with Gasteiger partial charge in [-0.2, -0.15) is 0 Å². The smallest absolute Gasteiger partial charge is 0.320 e. The molecule has 1 saturated heterocycles. The van der Waals surface area contributed by atoms with Crippen LogP contribution in [-0.2, 0) is 20.3 Å². The minimum atomic E-state index is -0.404. The molecule has 13 nitrogen and oxygen atoms in total. The number of carbonyl (C=O) groups is 2. The number of nitrogens with zero attached hydrogens (tertiary/aromatic N) is 6. The number of urea groups is 1. The Morgan fingerprint density at radius 2 is 1.74 bits per heavy atom. The number of aromatic nitrogens is 5. The molecule has 2 aliphatic rings. The summed E-state index contributed by atoms with van der Waals surface area (Å²) in [7, 11) is 5.80. The lowest BCUT2D eigenvalue weighted by Crippen LogP contribution is -2.48. The van der Waals surface area contributed by atoms with Crippen molar-refractivity contribution < 1.29 is 23.8 Å². The number of fused-ring (bicyclic) bond motifs is 2. The van der Waals surface area contributed by atoms with Crippen molar-refractivity contribution in [3.05, 3.63) is 77.1 Å². The van der Waals surface area contributed by atoms with Crippen LogP contribution in [0.4, 0.5) is 10.6 Å². The predicted octanol–water partition coefficient (Wildman–Crippen LogP) is 6.59. The van der Waals surface area contributed by atoms with Gasteiger partial charge in [0.05, 0.1) is 24.5 Å². The number of rotatable bonds is 12. The SMILES string of the molecule is COCC(C)(C)c1nnc2ccc(O[C@@H]3CC[C@H](NC(=O)Nc4cc(C(C)(C)C)nc(C(=O)CCC5(N(C)C)CCOCC5)n4)c4ccccc43)cn12. The molecule has 0 bridgehead atoms. The van der Waals surface area contributed by atoms with Crippen molar-refractivity contribution in [2.24, 2.45) is 0 Å². The molecule has 1 aliphatic carbocycles. The lowest BCUT2D eigenvalue weighted by molar-refractivity contribution is -0.0124. The van der Waals surface area contributed by atoms with Gasteiger partial charge in [0.15, 0.2) is 17.3 Å². The average molecular weight is 727 g/mol. The monoisotopic (exact) mass is 726 g/mol. The van der Waals surface area contributed by atoms with E-state index in [0.29, 0.717) is 62.8 Å². The summed E-state index contributed by atoms with van der Waals surface area (Å²) in [5.41, 5.74) is 2.60. The van der Waals surface area contributed by atoms with Crippen LogP contribution in [0.25, 0.3) is 5.65 Å². The van der Waals surface area contributed by atoms with Crippen molar-refractivity contribution in [2.45, 2.75) is 102 Å². The topological polar surface area (TPSA) is 145 Å². The van der Waals surface area contributed by atoms with Crippen molar-refractivity contribution in [1.82, 2.24) is 34.8 Å². The first-order valence-electron chi connectivity index (χ1n) is 18.5. The number of amides is 2. The van der Waals surface area contributed by atoms with E-state index in [1.807, 2.05) is 61.7 Å². The molecule has 0 radical (unpaired) electrons. The van der Waals surface area contributed by atoms with Gasteiger partial charge in [0.25, 0.3) is 0 Å². The molecule has 0 unspecified atom stereocenters. The van der Waals surface area contributed by atoms with E-state index in [9.17, 15) is 9.59 Å². The second-order valence-corrected chi connectivity index (χ2v) is 16.3. The number of pyridine rings is 1. The molecule has 53 heavy (non-hydrogen) atoms. The first-order valence-corrected chi connectivity index (χ1v) is 18.5. The van der Waals surface area contributed by atoms with Gasteiger partial charge in [-0.1, -0.05) is 58.9 Å². The fourth-order valence-electron chi connectivity index (χ4n) is 7.48. The zero-order chi connectivity index (χ0) is 38.0. The molecule has 6 rings (SSSR count). The molecule has 284 valence electrons. The lowest BCUT2D eigenvalue weighted by atomic mass is 9.83. The zero-order valence-electron chi connectivity index (χ0n) is 32.4. The summed E-state index contributed by atoms with van der Waals surface area (Å²) in [5, 5.41) is 14.9. The summed E-state index contributed by atoms with van der Waals surface area (Å²) in [6.45, 7) is 12.1. The summed E-state index contributed by atoms with van der Waals surface area (Å²) in [6, 6.07) is 13.0. The molecule has 0 saturated carbocycles. The first-order chi connectivity index (χ1) is 25.2. The molecule has 2 atom stereocenters. The minimum Gasteiger partial charge on any atom is -0.484 e. The van der Waals surface area contributed by atoms with Crippen LogP contribution >= 0.6 is 0 Å². The highest BCUT2D eigenvalue weighted by atomic mass is 16.5. The van der Waals surface area contributed by atoms with Gasteiger partial charge < -0.3 is 24.4 Å². The Balaban J connectivity index is 1.16. The molecule has 1 aliphatic heterocycles. The van der Waals surface area contributed by atoms with E-state index in [1.165, 1.54) is 0 Å². The summed E-state index contributed by atoms with van der Waals surface area (Å²) in [5.74, 6) is 1.77. The minimum absolute atomic E-state index is 0.104. The van der Waals surface area contributed by atoms with Crippen molar-refractivity contribution in [1.29, 1.82) is 0 Å². The molecule has 2 amide bonds. The Labute approximate surface area is 312 Å². The predicted molar refractivity (Wildman–Crippen MR) is 203 cm³/mol. The van der Waals surface area contributed by atoms with Crippen molar-refractivity contribution in [2.75, 3.05) is 46.3 Å². The van der Waals surface area contributed by atoms with Crippen molar-refractivity contribution >= 4 is 23.3 Å². The van der Waals surface area contributed by atoms with Gasteiger partial charge in [-0.25, -0.2) is 14.8 Å². The molecule has 0 spiro atoms. The van der Waals surface area contributed by atoms with E-state index in [4.69, 9.17) is 14.2 Å². The molecule has 4 heterocycles. The second kappa shape index (κ2) is 15.5. The largest absolute Gasteiger partial charge is 0.484 e. The molecule has 2 N–H and O–H groups in total. The molecule has 4 aromatic rings. The number of ether oxygens (including phenoxy) is 3. The van der Waals surface area contributed by atoms with E-state index in [-0.39, 0.29) is 40.1 Å². The zero-order valence-corrected chi connectivity index (χ0v) is 32.4. The summed E-state index contributed by atoms with van der Waals surface area (Å²) in [6.07, 6.45) is 5.79. The third-order valence-corrected chi connectivity index (χ3v) is 10.7. The number of nitrogens with one attached hydrogen (secondary N) is 2. The third kappa shape index (κ3) is 8.53. The van der Waals surface area contributed by atoms with E-state index in [2.05, 4.69) is 69.7 Å². The van der Waals surface area contributed by atoms with Gasteiger partial charge in [0, 0.05) is 49.2 Å². The highest BCUT2D eigenvalue weighted by molar-refractivity contribution is 5.94. The van der Waals surface area contributed by atoms with Crippen LogP contribution in [0.2, 0.25) is 0 Å². The fraction of sp³-hybridized carbons (Fsp3) is 0.550. The molecular weight excluding hydrogens is 672 g/mol. The Bertz CT molecular complexity index is 1930. The number of Topliss-reactive ketones (excluding diaryl/α,β-unsaturated/α-hetero) is 1. The van der Waals surface area contributed by atoms with Crippen molar-refractivity contribution in [3.63, 3.8) is 0 Å². The van der Waals surface area contributed by atoms with Crippen LogP contribution in [0.1, 0.15) is 119 Å². The number of ketones is 1. The Morgan fingerprint density at radius 1 is 1.00 bits per heavy atom. The standard InChI is InChI=1S/C40H54N8O5/c1-38(2,3)32-23-33(43-35(42-32)30(49)17-18-40(47(6)7)19-21-52-22-20-40)44-37(50)41-29-14-15-31(28-12-10-9-11-27(28)29)53-26-13-16-34-45-46-36(48(34)24-26)39(4,5)25-51-8/h9-13,16,23-24,29,31H,14-15,17-22,25H2,1-8H3,(H2,41,42,43,44,50)/t29-,31+/m0/s1. The second-order valence-electron chi connectivity index (χ2n) is 16.3. The highest BCUT2D eigenvalue weighted by Crippen LogP contribution is 2.39. The van der Waals surface area contributed by atoms with E-state index in [1.54, 1.807) is 13.2 Å². The van der Waals surface area contributed by atoms with Gasteiger partial charge >= 0.3 is 6.03 Å². The molecule has 13 heteroatoms. The van der Waals surface area contributed by atoms with E-state index >= 15 is 0 Å². The van der Waals surface area contributed by atoms with Crippen LogP contribution in [-0.4, -0.2) is 87.8 Å². The quantitative estimate of drug-likeness (QED) is 0.153. The maximum atomic E-state index is 13.6. The number of hydrogen-bond acceptors (Lipinski definition) is 10. The first kappa shape index (κ1) is 38.3. The van der Waals surface area contributed by atoms with Crippen LogP contribution in [0.15, 0.2) is 48.7 Å². The molecular formula is C40H54N8O5. The van der Waals surface area contributed by atoms with Crippen LogP contribution in [0.3, 0.4) is 0 Å². The highest BCUT2D eigenvalue weighted by Gasteiger charge is 2.36. The van der Waals surface area contributed by atoms with Gasteiger partial charge in [-0.15, -0.1) is 10.2 Å². The van der Waals surface area contributed by atoms with E-state index < -0.39 is 6.03 Å². The fourth-order valence-corrected chi connectivity index (χ4v) is 7.48. The summed E-state index contributed by atoms with van der Waals surface area (Å²) < 4.78 is 19.6. The van der Waals surface area contributed by atoms with Gasteiger partial charge in [0.1, 0.15) is 23.5 Å². The lowest BCUT2D eigenvalue weighted by Gasteiger charge is -2.42.